The summed E-state index contributed by atoms with van der Waals surface area (Å²) in [5, 5.41) is 37.9. The van der Waals surface area contributed by atoms with Gasteiger partial charge in [-0.25, -0.2) is 4.79 Å². The molecule has 6 N–H and O–H groups in total. The Balaban J connectivity index is 2.52. The van der Waals surface area contributed by atoms with E-state index in [0.29, 0.717) is 0 Å². The smallest absolute Gasteiger partial charge is 0.334 e. The van der Waals surface area contributed by atoms with Crippen LogP contribution in [0.4, 0.5) is 0 Å². The highest BCUT2D eigenvalue weighted by atomic mass is 16.4. The molecule has 0 radical (unpaired) electrons. The fraction of sp³-hybridized carbons (Fsp3) is 0.316. The van der Waals surface area contributed by atoms with Crippen LogP contribution in [0.1, 0.15) is 12.5 Å². The van der Waals surface area contributed by atoms with Crippen molar-refractivity contribution < 1.29 is 25.2 Å². The summed E-state index contributed by atoms with van der Waals surface area (Å²) >= 11 is 0. The predicted octanol–water partition coefficient (Wildman–Crippen LogP) is 0.943. The Labute approximate surface area is 147 Å². The molecule has 1 aromatic carbocycles. The van der Waals surface area contributed by atoms with Gasteiger partial charge in [-0.1, -0.05) is 73.7 Å². The van der Waals surface area contributed by atoms with Crippen LogP contribution in [-0.2, 0) is 4.79 Å². The van der Waals surface area contributed by atoms with Crippen LogP contribution in [0.2, 0.25) is 0 Å². The molecule has 25 heavy (non-hydrogen) atoms. The van der Waals surface area contributed by atoms with Gasteiger partial charge in [0.15, 0.2) is 6.10 Å². The maximum Gasteiger partial charge on any atom is 0.334 e. The molecule has 0 saturated heterocycles. The first-order valence-electron chi connectivity index (χ1n) is 7.93. The van der Waals surface area contributed by atoms with Crippen molar-refractivity contribution in [1.82, 2.24) is 0 Å². The molecule has 5 atom stereocenters. The molecule has 0 aliphatic heterocycles. The summed E-state index contributed by atoms with van der Waals surface area (Å²) in [6.07, 6.45) is 5.95. The van der Waals surface area contributed by atoms with Crippen LogP contribution in [0.15, 0.2) is 60.7 Å². The topological polar surface area (TPSA) is 124 Å². The van der Waals surface area contributed by atoms with E-state index in [2.05, 4.69) is 0 Å². The molecule has 0 spiro atoms. The second-order valence-electron chi connectivity index (χ2n) is 5.74. The quantitative estimate of drug-likeness (QED) is 0.424. The molecular formula is C19H25NO5. The Kier molecular flexibility index (Phi) is 8.80. The number of hydrogen-bond acceptors (Lipinski definition) is 5. The van der Waals surface area contributed by atoms with Gasteiger partial charge in [0.25, 0.3) is 0 Å². The highest BCUT2D eigenvalue weighted by molar-refractivity contribution is 5.73. The predicted molar refractivity (Wildman–Crippen MR) is 96.6 cm³/mol. The third-order valence-corrected chi connectivity index (χ3v) is 3.74. The highest BCUT2D eigenvalue weighted by Gasteiger charge is 2.34. The number of nitrogens with two attached hydrogens (primary N) is 1. The first-order valence-corrected chi connectivity index (χ1v) is 7.93. The van der Waals surface area contributed by atoms with Crippen molar-refractivity contribution in [2.24, 2.45) is 11.7 Å². The molecule has 0 aromatic heterocycles. The molecule has 6 heteroatoms. The van der Waals surface area contributed by atoms with E-state index in [1.807, 2.05) is 48.6 Å². The minimum absolute atomic E-state index is 0.482. The number of hydrogen-bond donors (Lipinski definition) is 5. The molecule has 0 aliphatic rings. The molecule has 0 bridgehead atoms. The van der Waals surface area contributed by atoms with Crippen LogP contribution in [-0.4, -0.2) is 50.7 Å². The summed E-state index contributed by atoms with van der Waals surface area (Å²) in [6.45, 7) is 1.65. The number of benzene rings is 1. The average Bonchev–Trinajstić information content (AvgIpc) is 2.62. The van der Waals surface area contributed by atoms with Crippen molar-refractivity contribution in [3.63, 3.8) is 0 Å². The summed E-state index contributed by atoms with van der Waals surface area (Å²) in [5.74, 6) is -2.03. The van der Waals surface area contributed by atoms with Crippen LogP contribution >= 0.6 is 0 Å². The summed E-state index contributed by atoms with van der Waals surface area (Å²) in [4.78, 5) is 10.7. The number of allylic oxidation sites excluding steroid dienone is 4. The van der Waals surface area contributed by atoms with Crippen LogP contribution in [0.25, 0.3) is 6.08 Å². The lowest BCUT2D eigenvalue weighted by Crippen LogP contribution is -2.54. The van der Waals surface area contributed by atoms with Gasteiger partial charge in [-0.15, -0.1) is 0 Å². The zero-order valence-electron chi connectivity index (χ0n) is 14.0. The fourth-order valence-corrected chi connectivity index (χ4v) is 2.10. The van der Waals surface area contributed by atoms with E-state index in [-0.39, 0.29) is 0 Å². The first-order chi connectivity index (χ1) is 11.8. The van der Waals surface area contributed by atoms with Gasteiger partial charge in [0.1, 0.15) is 0 Å². The van der Waals surface area contributed by atoms with Crippen molar-refractivity contribution in [3.8, 4) is 0 Å². The van der Waals surface area contributed by atoms with Crippen molar-refractivity contribution in [3.05, 3.63) is 66.3 Å². The second-order valence-corrected chi connectivity index (χ2v) is 5.74. The van der Waals surface area contributed by atoms with Crippen LogP contribution in [0.3, 0.4) is 0 Å². The van der Waals surface area contributed by atoms with E-state index in [1.165, 1.54) is 0 Å². The van der Waals surface area contributed by atoms with Gasteiger partial charge in [0.2, 0.25) is 0 Å². The zero-order valence-corrected chi connectivity index (χ0v) is 14.0. The number of carboxylic acid groups (broad SMARTS) is 1. The van der Waals surface area contributed by atoms with Gasteiger partial charge in [0.05, 0.1) is 18.2 Å². The normalized spacial score (nSPS) is 18.4. The van der Waals surface area contributed by atoms with Gasteiger partial charge in [0, 0.05) is 5.92 Å². The summed E-state index contributed by atoms with van der Waals surface area (Å²) in [5.41, 5.74) is 6.54. The molecule has 136 valence electrons. The van der Waals surface area contributed by atoms with E-state index >= 15 is 0 Å². The van der Waals surface area contributed by atoms with Crippen LogP contribution < -0.4 is 5.73 Å². The van der Waals surface area contributed by atoms with Crippen molar-refractivity contribution in [2.75, 3.05) is 0 Å². The standard InChI is InChI=1S/C19H25NO5/c1-13(16(21)17(22)15(20)18(23)19(24)25)9-5-2-3-6-10-14-11-7-4-8-12-14/h2-13,15-18,21-23H,20H2,1H3,(H,24,25)/b3-2+,9-5+,10-6+/t13-,15+,16-,17-,18-/m0/s1. The zero-order chi connectivity index (χ0) is 18.8. The maximum absolute atomic E-state index is 10.7. The fourth-order valence-electron chi connectivity index (χ4n) is 2.10. The molecule has 6 nitrogen and oxygen atoms in total. The minimum atomic E-state index is -1.94. The molecule has 0 aliphatic carbocycles. The lowest BCUT2D eigenvalue weighted by atomic mass is 9.92. The lowest BCUT2D eigenvalue weighted by molar-refractivity contribution is -0.151. The Bertz CT molecular complexity index is 612. The van der Waals surface area contributed by atoms with Gasteiger partial charge in [-0.05, 0) is 5.56 Å². The highest BCUT2D eigenvalue weighted by Crippen LogP contribution is 2.13. The molecule has 0 heterocycles. The molecule has 1 aromatic rings. The van der Waals surface area contributed by atoms with Crippen molar-refractivity contribution in [2.45, 2.75) is 31.3 Å². The van der Waals surface area contributed by atoms with E-state index in [0.717, 1.165) is 5.56 Å². The van der Waals surface area contributed by atoms with Gasteiger partial charge in [-0.3, -0.25) is 0 Å². The number of aliphatic hydroxyl groups excluding tert-OH is 3. The Morgan fingerprint density at radius 2 is 1.60 bits per heavy atom. The van der Waals surface area contributed by atoms with Gasteiger partial charge < -0.3 is 26.2 Å². The number of carbonyl (C=O) groups is 1. The van der Waals surface area contributed by atoms with Gasteiger partial charge >= 0.3 is 5.97 Å². The minimum Gasteiger partial charge on any atom is -0.479 e. The Hall–Kier alpha value is -2.25. The molecule has 0 fully saturated rings. The Morgan fingerprint density at radius 1 is 1.00 bits per heavy atom. The molecule has 1 rings (SSSR count). The third-order valence-electron chi connectivity index (χ3n) is 3.74. The number of rotatable bonds is 9. The first kappa shape index (κ1) is 20.8. The van der Waals surface area contributed by atoms with E-state index in [9.17, 15) is 20.1 Å². The van der Waals surface area contributed by atoms with E-state index < -0.39 is 36.2 Å². The van der Waals surface area contributed by atoms with Crippen molar-refractivity contribution >= 4 is 12.0 Å². The second kappa shape index (κ2) is 10.6. The van der Waals surface area contributed by atoms with Gasteiger partial charge in [-0.2, -0.15) is 0 Å². The lowest BCUT2D eigenvalue weighted by Gasteiger charge is -2.28. The van der Waals surface area contributed by atoms with Crippen LogP contribution in [0, 0.1) is 5.92 Å². The van der Waals surface area contributed by atoms with Crippen molar-refractivity contribution in [1.29, 1.82) is 0 Å². The summed E-state index contributed by atoms with van der Waals surface area (Å²) < 4.78 is 0. The Morgan fingerprint density at radius 3 is 2.20 bits per heavy atom. The SMILES string of the molecule is C[C@@H](/C=C/C=C/C=C/c1ccccc1)[C@H](O)[C@@H](O)[C@@H](N)[C@H](O)C(=O)O. The molecular weight excluding hydrogens is 322 g/mol. The number of aliphatic hydroxyl groups is 3. The van der Waals surface area contributed by atoms with E-state index in [4.69, 9.17) is 10.8 Å². The monoisotopic (exact) mass is 347 g/mol. The average molecular weight is 347 g/mol. The molecule has 0 amide bonds. The van der Waals surface area contributed by atoms with E-state index in [1.54, 1.807) is 25.2 Å². The number of aliphatic carboxylic acids is 1. The molecule has 0 unspecified atom stereocenters. The number of carboxylic acids is 1. The summed E-state index contributed by atoms with van der Waals surface area (Å²) in [6, 6.07) is 8.32. The third kappa shape index (κ3) is 7.03. The maximum atomic E-state index is 10.7. The largest absolute Gasteiger partial charge is 0.479 e. The molecule has 0 saturated carbocycles. The summed E-state index contributed by atoms with van der Waals surface area (Å²) in [7, 11) is 0. The van der Waals surface area contributed by atoms with Crippen LogP contribution in [0.5, 0.6) is 0 Å².